The number of allylic oxidation sites excluding steroid dienone is 3. The van der Waals surface area contributed by atoms with E-state index in [4.69, 9.17) is 5.11 Å². The summed E-state index contributed by atoms with van der Waals surface area (Å²) in [6.45, 7) is 3.88. The molecule has 0 bridgehead atoms. The van der Waals surface area contributed by atoms with Crippen LogP contribution in [0.15, 0.2) is 23.8 Å². The molecule has 0 spiro atoms. The molecule has 2 N–H and O–H groups in total. The van der Waals surface area contributed by atoms with E-state index >= 15 is 0 Å². The molecular formula is C22H32O3. The second-order valence-corrected chi connectivity index (χ2v) is 7.71. The molecule has 5 atom stereocenters. The number of carboxylic acid groups (broad SMARTS) is 1. The molecule has 25 heavy (non-hydrogen) atoms. The first-order chi connectivity index (χ1) is 12.0. The number of aliphatic hydroxyl groups excluding tert-OH is 1. The van der Waals surface area contributed by atoms with Crippen LogP contribution in [0.1, 0.15) is 65.2 Å². The van der Waals surface area contributed by atoms with Crippen LogP contribution in [0.3, 0.4) is 0 Å². The molecule has 3 nitrogen and oxygen atoms in total. The molecule has 3 heteroatoms. The Morgan fingerprint density at radius 3 is 2.88 bits per heavy atom. The highest BCUT2D eigenvalue weighted by Gasteiger charge is 2.39. The zero-order valence-corrected chi connectivity index (χ0v) is 15.6. The molecule has 138 valence electrons. The fourth-order valence-corrected chi connectivity index (χ4v) is 4.27. The lowest BCUT2D eigenvalue weighted by Crippen LogP contribution is -2.15. The van der Waals surface area contributed by atoms with Gasteiger partial charge >= 0.3 is 5.97 Å². The number of hydrogen-bond acceptors (Lipinski definition) is 2. The Bertz CT molecular complexity index is 564. The summed E-state index contributed by atoms with van der Waals surface area (Å²) < 4.78 is 0. The molecule has 0 aromatic heterocycles. The number of fused-ring (bicyclic) bond motifs is 1. The Kier molecular flexibility index (Phi) is 7.78. The predicted molar refractivity (Wildman–Crippen MR) is 101 cm³/mol. The summed E-state index contributed by atoms with van der Waals surface area (Å²) in [4.78, 5) is 10.6. The van der Waals surface area contributed by atoms with Gasteiger partial charge in [-0.3, -0.25) is 4.79 Å². The Balaban J connectivity index is 1.82. The maximum absolute atomic E-state index is 10.6. The minimum atomic E-state index is -0.704. The lowest BCUT2D eigenvalue weighted by molar-refractivity contribution is -0.137. The summed E-state index contributed by atoms with van der Waals surface area (Å²) in [5.74, 6) is 7.47. The lowest BCUT2D eigenvalue weighted by Gasteiger charge is -2.17. The molecule has 0 radical (unpaired) electrons. The van der Waals surface area contributed by atoms with Crippen LogP contribution >= 0.6 is 0 Å². The first-order valence-electron chi connectivity index (χ1n) is 9.67. The predicted octanol–water partition coefficient (Wildman–Crippen LogP) is 4.57. The van der Waals surface area contributed by atoms with Gasteiger partial charge in [0, 0.05) is 12.8 Å². The molecular weight excluding hydrogens is 312 g/mol. The zero-order chi connectivity index (χ0) is 18.2. The normalized spacial score (nSPS) is 29.4. The van der Waals surface area contributed by atoms with Crippen LogP contribution in [-0.4, -0.2) is 22.3 Å². The van der Waals surface area contributed by atoms with E-state index in [9.17, 15) is 9.90 Å². The second kappa shape index (κ2) is 9.82. The van der Waals surface area contributed by atoms with Crippen molar-refractivity contribution < 1.29 is 15.0 Å². The van der Waals surface area contributed by atoms with E-state index in [1.165, 1.54) is 24.8 Å². The number of hydrogen-bond donors (Lipinski definition) is 2. The van der Waals surface area contributed by atoms with Crippen molar-refractivity contribution in [3.8, 4) is 11.8 Å². The molecule has 0 amide bonds. The quantitative estimate of drug-likeness (QED) is 0.385. The van der Waals surface area contributed by atoms with Gasteiger partial charge in [-0.05, 0) is 69.1 Å². The van der Waals surface area contributed by atoms with Crippen LogP contribution < -0.4 is 0 Å². The Morgan fingerprint density at radius 1 is 1.36 bits per heavy atom. The van der Waals surface area contributed by atoms with Gasteiger partial charge in [-0.2, -0.15) is 0 Å². The van der Waals surface area contributed by atoms with Crippen molar-refractivity contribution >= 4 is 5.97 Å². The van der Waals surface area contributed by atoms with Crippen molar-refractivity contribution in [2.75, 3.05) is 0 Å². The van der Waals surface area contributed by atoms with E-state index < -0.39 is 12.1 Å². The van der Waals surface area contributed by atoms with Crippen molar-refractivity contribution in [3.05, 3.63) is 23.8 Å². The Hall–Kier alpha value is -1.53. The average molecular weight is 344 g/mol. The summed E-state index contributed by atoms with van der Waals surface area (Å²) in [6, 6.07) is 0. The molecule has 0 heterocycles. The molecule has 0 aliphatic heterocycles. The molecule has 0 aromatic carbocycles. The van der Waals surface area contributed by atoms with Crippen molar-refractivity contribution in [1.82, 2.24) is 0 Å². The fraction of sp³-hybridized carbons (Fsp3) is 0.682. The Labute approximate surface area is 152 Å². The molecule has 2 aliphatic carbocycles. The number of rotatable bonds is 8. The highest BCUT2D eigenvalue weighted by Crippen LogP contribution is 2.50. The molecule has 2 rings (SSSR count). The van der Waals surface area contributed by atoms with Gasteiger partial charge in [0.25, 0.3) is 0 Å². The smallest absolute Gasteiger partial charge is 0.303 e. The maximum atomic E-state index is 10.6. The number of aliphatic carboxylic acids is 1. The lowest BCUT2D eigenvalue weighted by atomic mass is 9.90. The van der Waals surface area contributed by atoms with Crippen LogP contribution in [-0.2, 0) is 4.79 Å². The number of aliphatic hydroxyl groups is 1. The summed E-state index contributed by atoms with van der Waals surface area (Å²) in [7, 11) is 0. The van der Waals surface area contributed by atoms with E-state index in [0.717, 1.165) is 31.6 Å². The molecule has 2 fully saturated rings. The largest absolute Gasteiger partial charge is 0.481 e. The van der Waals surface area contributed by atoms with Gasteiger partial charge in [-0.1, -0.05) is 30.7 Å². The summed E-state index contributed by atoms with van der Waals surface area (Å²) in [6.07, 6.45) is 13.6. The van der Waals surface area contributed by atoms with E-state index in [2.05, 4.69) is 24.0 Å². The van der Waals surface area contributed by atoms with Crippen molar-refractivity contribution in [1.29, 1.82) is 0 Å². The molecule has 2 aliphatic rings. The van der Waals surface area contributed by atoms with Gasteiger partial charge < -0.3 is 10.2 Å². The third kappa shape index (κ3) is 6.04. The maximum Gasteiger partial charge on any atom is 0.303 e. The first kappa shape index (κ1) is 19.8. The van der Waals surface area contributed by atoms with Crippen LogP contribution in [0.2, 0.25) is 0 Å². The first-order valence-corrected chi connectivity index (χ1v) is 9.67. The van der Waals surface area contributed by atoms with Gasteiger partial charge in [0.15, 0.2) is 0 Å². The van der Waals surface area contributed by atoms with Crippen LogP contribution in [0.25, 0.3) is 0 Å². The average Bonchev–Trinajstić information content (AvgIpc) is 3.14. The highest BCUT2D eigenvalue weighted by atomic mass is 16.4. The molecule has 0 aromatic rings. The van der Waals surface area contributed by atoms with Gasteiger partial charge in [-0.25, -0.2) is 0 Å². The van der Waals surface area contributed by atoms with Gasteiger partial charge in [0.05, 0.1) is 6.10 Å². The summed E-state index contributed by atoms with van der Waals surface area (Å²) in [5, 5.41) is 19.0. The highest BCUT2D eigenvalue weighted by molar-refractivity contribution is 5.66. The summed E-state index contributed by atoms with van der Waals surface area (Å²) >= 11 is 0. The van der Waals surface area contributed by atoms with Crippen molar-refractivity contribution in [3.63, 3.8) is 0 Å². The third-order valence-corrected chi connectivity index (χ3v) is 5.82. The van der Waals surface area contributed by atoms with Crippen LogP contribution in [0, 0.1) is 35.5 Å². The number of carboxylic acids is 1. The Morgan fingerprint density at radius 2 is 2.16 bits per heavy atom. The monoisotopic (exact) mass is 344 g/mol. The standard InChI is InChI=1S/C22H32O3/c1-3-4-7-16(2)21(23)13-12-18-10-11-19-14-17(15-20(18)19)8-5-6-9-22(24)25/h8,12-13,16,18-21,23H,5-7,9-11,14-15H2,1-2H3,(H,24,25)/b13-12+,17-8+. The van der Waals surface area contributed by atoms with Gasteiger partial charge in [-0.15, -0.1) is 11.8 Å². The number of unbranched alkanes of at least 4 members (excludes halogenated alkanes) is 1. The van der Waals surface area contributed by atoms with E-state index in [0.29, 0.717) is 11.8 Å². The minimum absolute atomic E-state index is 0.175. The van der Waals surface area contributed by atoms with Gasteiger partial charge in [0.2, 0.25) is 0 Å². The molecule has 0 saturated heterocycles. The van der Waals surface area contributed by atoms with Crippen LogP contribution in [0.4, 0.5) is 0 Å². The topological polar surface area (TPSA) is 57.5 Å². The van der Waals surface area contributed by atoms with Crippen molar-refractivity contribution in [2.24, 2.45) is 23.7 Å². The molecule has 2 saturated carbocycles. The number of carbonyl (C=O) groups is 1. The van der Waals surface area contributed by atoms with Gasteiger partial charge in [0.1, 0.15) is 0 Å². The molecule has 5 unspecified atom stereocenters. The third-order valence-electron chi connectivity index (χ3n) is 5.82. The minimum Gasteiger partial charge on any atom is -0.481 e. The van der Waals surface area contributed by atoms with E-state index in [1.807, 2.05) is 19.9 Å². The van der Waals surface area contributed by atoms with E-state index in [-0.39, 0.29) is 12.3 Å². The fourth-order valence-electron chi connectivity index (χ4n) is 4.27. The second-order valence-electron chi connectivity index (χ2n) is 7.71. The van der Waals surface area contributed by atoms with E-state index in [1.54, 1.807) is 0 Å². The summed E-state index contributed by atoms with van der Waals surface area (Å²) in [5.41, 5.74) is 1.52. The zero-order valence-electron chi connectivity index (χ0n) is 15.6. The van der Waals surface area contributed by atoms with Crippen LogP contribution in [0.5, 0.6) is 0 Å². The van der Waals surface area contributed by atoms with Crippen molar-refractivity contribution in [2.45, 2.75) is 71.3 Å². The SMILES string of the molecule is CC#CCC(C)C(O)/C=C/C1CCC2C/C(=C\CCCC(=O)O)CC12.